The quantitative estimate of drug-likeness (QED) is 0.464. The van der Waals surface area contributed by atoms with E-state index in [1.807, 2.05) is 0 Å². The zero-order valence-electron chi connectivity index (χ0n) is 23.8. The molecule has 0 spiro atoms. The summed E-state index contributed by atoms with van der Waals surface area (Å²) in [5.74, 6) is 0.285. The molecule has 5 N–H and O–H groups in total. The monoisotopic (exact) mass is 590 g/mol. The number of carbonyl (C=O) groups is 2. The van der Waals surface area contributed by atoms with Gasteiger partial charge in [0, 0.05) is 51.0 Å². The number of urea groups is 1. The van der Waals surface area contributed by atoms with Gasteiger partial charge in [0.15, 0.2) is 0 Å². The van der Waals surface area contributed by atoms with Crippen LogP contribution in [0, 0.1) is 5.92 Å². The number of anilines is 1. The van der Waals surface area contributed by atoms with Crippen molar-refractivity contribution in [3.8, 4) is 5.69 Å². The van der Waals surface area contributed by atoms with Gasteiger partial charge in [-0.1, -0.05) is 6.07 Å². The SMILES string of the molecule is CC(C)(N)C(=O)N1CCN(C(=O)Nc2ccn(-c3ccc(CCN4CCC5CC5(N)C4)c(C(F)(F)F)c3)c(=O)n2)CC1. The lowest BCUT2D eigenvalue weighted by Gasteiger charge is -2.37. The Bertz CT molecular complexity index is 1410. The Morgan fingerprint density at radius 1 is 1.10 bits per heavy atom. The number of alkyl halides is 3. The highest BCUT2D eigenvalue weighted by Crippen LogP contribution is 2.47. The van der Waals surface area contributed by atoms with E-state index in [9.17, 15) is 27.6 Å². The molecule has 42 heavy (non-hydrogen) atoms. The van der Waals surface area contributed by atoms with Gasteiger partial charge in [-0.3, -0.25) is 14.7 Å². The fourth-order valence-electron chi connectivity index (χ4n) is 5.86. The summed E-state index contributed by atoms with van der Waals surface area (Å²) in [5, 5.41) is 2.55. The summed E-state index contributed by atoms with van der Waals surface area (Å²) in [6.07, 6.45) is -1.17. The molecule has 2 aromatic rings. The van der Waals surface area contributed by atoms with Crippen LogP contribution in [0.15, 0.2) is 35.3 Å². The number of aromatic nitrogens is 2. The molecule has 1 aliphatic carbocycles. The zero-order chi connectivity index (χ0) is 30.4. The van der Waals surface area contributed by atoms with Crippen molar-refractivity contribution >= 4 is 17.8 Å². The lowest BCUT2D eigenvalue weighted by molar-refractivity contribution is -0.138. The number of piperazine rings is 1. The summed E-state index contributed by atoms with van der Waals surface area (Å²) in [4.78, 5) is 46.9. The van der Waals surface area contributed by atoms with Gasteiger partial charge in [0.2, 0.25) is 5.91 Å². The molecule has 3 heterocycles. The maximum absolute atomic E-state index is 14.0. The highest BCUT2D eigenvalue weighted by Gasteiger charge is 2.53. The lowest BCUT2D eigenvalue weighted by atomic mass is 10.0. The Morgan fingerprint density at radius 2 is 1.79 bits per heavy atom. The standard InChI is InChI=1S/C28H37F3N8O3/c1-26(2,32)23(40)37-11-13-38(14-12-37)24(41)34-22-7-10-39(25(42)35-22)20-4-3-18(21(15-20)28(29,30)31)5-8-36-9-6-19-16-27(19,33)17-36/h3-4,7,10,15,19H,5-6,8-9,11-14,16-17,32-33H2,1-2H3,(H,34,35,41,42). The van der Waals surface area contributed by atoms with Crippen LogP contribution in [-0.4, -0.2) is 93.1 Å². The molecule has 11 nitrogen and oxygen atoms in total. The molecule has 5 rings (SSSR count). The maximum Gasteiger partial charge on any atom is 0.416 e. The van der Waals surface area contributed by atoms with Crippen LogP contribution < -0.4 is 22.5 Å². The van der Waals surface area contributed by atoms with Crippen molar-refractivity contribution in [1.29, 1.82) is 0 Å². The third kappa shape index (κ3) is 6.45. The number of nitrogens with zero attached hydrogens (tertiary/aromatic N) is 5. The Kier molecular flexibility index (Phi) is 7.83. The topological polar surface area (TPSA) is 143 Å². The number of amides is 3. The second-order valence-corrected chi connectivity index (χ2v) is 12.2. The summed E-state index contributed by atoms with van der Waals surface area (Å²) in [6, 6.07) is 4.67. The van der Waals surface area contributed by atoms with Crippen LogP contribution >= 0.6 is 0 Å². The minimum absolute atomic E-state index is 0.0183. The van der Waals surface area contributed by atoms with E-state index in [2.05, 4.69) is 15.2 Å². The molecule has 3 aliphatic rings. The number of piperidine rings is 1. The number of nitrogens with two attached hydrogens (primary N) is 2. The van der Waals surface area contributed by atoms with Gasteiger partial charge in [0.05, 0.1) is 16.8 Å². The number of fused-ring (bicyclic) bond motifs is 1. The smallest absolute Gasteiger partial charge is 0.338 e. The zero-order valence-corrected chi connectivity index (χ0v) is 23.8. The molecule has 1 aromatic heterocycles. The Balaban J connectivity index is 1.23. The van der Waals surface area contributed by atoms with E-state index in [0.29, 0.717) is 32.1 Å². The molecule has 2 atom stereocenters. The van der Waals surface area contributed by atoms with Gasteiger partial charge in [-0.25, -0.2) is 9.59 Å². The van der Waals surface area contributed by atoms with E-state index in [0.717, 1.165) is 30.0 Å². The van der Waals surface area contributed by atoms with E-state index in [4.69, 9.17) is 11.5 Å². The third-order valence-corrected chi connectivity index (χ3v) is 8.41. The average molecular weight is 591 g/mol. The lowest BCUT2D eigenvalue weighted by Crippen LogP contribution is -2.58. The normalized spacial score (nSPS) is 23.0. The summed E-state index contributed by atoms with van der Waals surface area (Å²) in [6.45, 7) is 6.40. The second-order valence-electron chi connectivity index (χ2n) is 12.2. The molecule has 2 aliphatic heterocycles. The van der Waals surface area contributed by atoms with Crippen molar-refractivity contribution in [3.63, 3.8) is 0 Å². The highest BCUT2D eigenvalue weighted by molar-refractivity contribution is 5.89. The number of likely N-dealkylation sites (tertiary alicyclic amines) is 1. The van der Waals surface area contributed by atoms with Gasteiger partial charge in [0.1, 0.15) is 5.82 Å². The summed E-state index contributed by atoms with van der Waals surface area (Å²) >= 11 is 0. The van der Waals surface area contributed by atoms with E-state index in [-0.39, 0.29) is 48.0 Å². The number of hydrogen-bond acceptors (Lipinski definition) is 7. The van der Waals surface area contributed by atoms with Crippen molar-refractivity contribution in [2.75, 3.05) is 51.1 Å². The molecule has 14 heteroatoms. The molecular weight excluding hydrogens is 553 g/mol. The summed E-state index contributed by atoms with van der Waals surface area (Å²) < 4.78 is 43.1. The first-order valence-electron chi connectivity index (χ1n) is 14.1. The number of benzene rings is 1. The van der Waals surface area contributed by atoms with Gasteiger partial charge < -0.3 is 26.2 Å². The molecule has 228 valence electrons. The van der Waals surface area contributed by atoms with Crippen LogP contribution in [0.2, 0.25) is 0 Å². The maximum atomic E-state index is 14.0. The van der Waals surface area contributed by atoms with Crippen LogP contribution in [0.5, 0.6) is 0 Å². The average Bonchev–Trinajstić information content (AvgIpc) is 3.61. The number of nitrogens with one attached hydrogen (secondary N) is 1. The van der Waals surface area contributed by atoms with Crippen LogP contribution in [0.3, 0.4) is 0 Å². The van der Waals surface area contributed by atoms with Crippen LogP contribution in [0.25, 0.3) is 5.69 Å². The first-order valence-corrected chi connectivity index (χ1v) is 14.1. The predicted octanol–water partition coefficient (Wildman–Crippen LogP) is 1.63. The van der Waals surface area contributed by atoms with Gasteiger partial charge in [-0.05, 0) is 69.3 Å². The first-order chi connectivity index (χ1) is 19.6. The second kappa shape index (κ2) is 11.0. The van der Waals surface area contributed by atoms with Crippen molar-refractivity contribution in [1.82, 2.24) is 24.3 Å². The van der Waals surface area contributed by atoms with E-state index in [1.54, 1.807) is 18.7 Å². The molecule has 2 unspecified atom stereocenters. The molecule has 1 aromatic carbocycles. The van der Waals surface area contributed by atoms with Gasteiger partial charge in [-0.15, -0.1) is 0 Å². The molecule has 0 radical (unpaired) electrons. The Labute approximate surface area is 241 Å². The fraction of sp³-hybridized carbons (Fsp3) is 0.571. The Morgan fingerprint density at radius 3 is 2.40 bits per heavy atom. The minimum atomic E-state index is -4.61. The molecule has 3 amide bonds. The molecular formula is C28H37F3N8O3. The van der Waals surface area contributed by atoms with Crippen molar-refractivity contribution < 1.29 is 22.8 Å². The number of rotatable bonds is 6. The molecule has 3 fully saturated rings. The fourth-order valence-corrected chi connectivity index (χ4v) is 5.86. The Hall–Kier alpha value is -3.49. The van der Waals surface area contributed by atoms with Crippen molar-refractivity contribution in [2.45, 2.75) is 50.4 Å². The van der Waals surface area contributed by atoms with Gasteiger partial charge >= 0.3 is 17.9 Å². The largest absolute Gasteiger partial charge is 0.416 e. The van der Waals surface area contributed by atoms with E-state index in [1.165, 1.54) is 29.3 Å². The first kappa shape index (κ1) is 30.0. The van der Waals surface area contributed by atoms with Crippen molar-refractivity contribution in [2.24, 2.45) is 17.4 Å². The number of hydrogen-bond donors (Lipinski definition) is 3. The van der Waals surface area contributed by atoms with E-state index < -0.39 is 29.0 Å². The van der Waals surface area contributed by atoms with Gasteiger partial charge in [0.25, 0.3) is 0 Å². The number of carbonyl (C=O) groups excluding carboxylic acids is 2. The molecule has 2 saturated heterocycles. The summed E-state index contributed by atoms with van der Waals surface area (Å²) in [7, 11) is 0. The third-order valence-electron chi connectivity index (χ3n) is 8.41. The highest BCUT2D eigenvalue weighted by atomic mass is 19.4. The van der Waals surface area contributed by atoms with Crippen LogP contribution in [0.4, 0.5) is 23.8 Å². The number of halogens is 3. The van der Waals surface area contributed by atoms with Crippen molar-refractivity contribution in [3.05, 3.63) is 52.1 Å². The molecule has 1 saturated carbocycles. The minimum Gasteiger partial charge on any atom is -0.338 e. The van der Waals surface area contributed by atoms with Crippen LogP contribution in [-0.2, 0) is 17.4 Å². The van der Waals surface area contributed by atoms with E-state index >= 15 is 0 Å². The van der Waals surface area contributed by atoms with Gasteiger partial charge in [-0.2, -0.15) is 18.2 Å². The summed E-state index contributed by atoms with van der Waals surface area (Å²) in [5.41, 5.74) is 9.51. The van der Waals surface area contributed by atoms with Crippen LogP contribution in [0.1, 0.15) is 37.8 Å². The molecule has 0 bridgehead atoms. The predicted molar refractivity (Wildman–Crippen MR) is 150 cm³/mol.